The van der Waals surface area contributed by atoms with Crippen molar-refractivity contribution in [3.05, 3.63) is 17.0 Å². The van der Waals surface area contributed by atoms with Gasteiger partial charge in [0.15, 0.2) is 0 Å². The van der Waals surface area contributed by atoms with E-state index in [4.69, 9.17) is 5.90 Å². The van der Waals surface area contributed by atoms with Crippen LogP contribution in [0.2, 0.25) is 0 Å². The number of aryl methyl sites for hydroxylation is 1. The molecule has 16 heavy (non-hydrogen) atoms. The predicted octanol–water partition coefficient (Wildman–Crippen LogP) is 0.710. The van der Waals surface area contributed by atoms with Crippen molar-refractivity contribution in [2.24, 2.45) is 5.90 Å². The predicted molar refractivity (Wildman–Crippen MR) is 61.5 cm³/mol. The van der Waals surface area contributed by atoms with E-state index >= 15 is 0 Å². The number of hydrogen-bond acceptors (Lipinski definition) is 5. The molecule has 0 amide bonds. The van der Waals surface area contributed by atoms with Gasteiger partial charge in [0.05, 0.1) is 6.10 Å². The maximum absolute atomic E-state index is 12.1. The number of sulfonamides is 1. The molecular weight excluding hydrogens is 248 g/mol. The van der Waals surface area contributed by atoms with Gasteiger partial charge in [-0.3, -0.25) is 4.84 Å². The largest absolute Gasteiger partial charge is 0.300 e. The van der Waals surface area contributed by atoms with Crippen LogP contribution in [0.5, 0.6) is 0 Å². The SMILES string of the molecule is Cc1ccc(S(=O)(=O)N2CCC(ON)C2)s1. The quantitative estimate of drug-likeness (QED) is 0.814. The molecule has 1 atom stereocenters. The lowest BCUT2D eigenvalue weighted by molar-refractivity contribution is 0.0642. The first-order valence-corrected chi connectivity index (χ1v) is 7.22. The normalized spacial score (nSPS) is 22.8. The topological polar surface area (TPSA) is 72.6 Å². The first kappa shape index (κ1) is 12.0. The Bertz CT molecular complexity index is 469. The summed E-state index contributed by atoms with van der Waals surface area (Å²) in [7, 11) is -3.34. The third kappa shape index (κ3) is 2.14. The van der Waals surface area contributed by atoms with E-state index < -0.39 is 10.0 Å². The summed E-state index contributed by atoms with van der Waals surface area (Å²) in [5.41, 5.74) is 0. The Kier molecular flexibility index (Phi) is 3.32. The second-order valence-corrected chi connectivity index (χ2v) is 7.23. The summed E-state index contributed by atoms with van der Waals surface area (Å²) in [6.07, 6.45) is 0.468. The lowest BCUT2D eigenvalue weighted by atomic mass is 10.3. The molecule has 0 bridgehead atoms. The molecule has 1 fully saturated rings. The first-order valence-electron chi connectivity index (χ1n) is 4.96. The molecule has 1 aromatic heterocycles. The molecule has 90 valence electrons. The summed E-state index contributed by atoms with van der Waals surface area (Å²) < 4.78 is 26.1. The third-order valence-corrected chi connectivity index (χ3v) is 5.94. The minimum atomic E-state index is -3.34. The van der Waals surface area contributed by atoms with Gasteiger partial charge in [0.1, 0.15) is 4.21 Å². The highest BCUT2D eigenvalue weighted by Gasteiger charge is 2.33. The zero-order valence-electron chi connectivity index (χ0n) is 8.92. The Morgan fingerprint density at radius 2 is 2.31 bits per heavy atom. The molecule has 1 saturated heterocycles. The minimum absolute atomic E-state index is 0.184. The van der Waals surface area contributed by atoms with Crippen LogP contribution in [0.1, 0.15) is 11.3 Å². The molecule has 0 aromatic carbocycles. The van der Waals surface area contributed by atoms with E-state index in [1.807, 2.05) is 13.0 Å². The van der Waals surface area contributed by atoms with Gasteiger partial charge in [-0.05, 0) is 25.5 Å². The monoisotopic (exact) mass is 262 g/mol. The van der Waals surface area contributed by atoms with E-state index in [1.54, 1.807) is 6.07 Å². The molecule has 0 aliphatic carbocycles. The van der Waals surface area contributed by atoms with Crippen LogP contribution < -0.4 is 5.90 Å². The second kappa shape index (κ2) is 4.42. The number of rotatable bonds is 3. The Morgan fingerprint density at radius 1 is 1.56 bits per heavy atom. The molecule has 5 nitrogen and oxygen atoms in total. The van der Waals surface area contributed by atoms with Crippen LogP contribution >= 0.6 is 11.3 Å². The number of thiophene rings is 1. The summed E-state index contributed by atoms with van der Waals surface area (Å²) in [4.78, 5) is 5.67. The van der Waals surface area contributed by atoms with Crippen molar-refractivity contribution in [1.82, 2.24) is 4.31 Å². The van der Waals surface area contributed by atoms with Crippen molar-refractivity contribution in [3.63, 3.8) is 0 Å². The number of nitrogens with zero attached hydrogens (tertiary/aromatic N) is 1. The van der Waals surface area contributed by atoms with Gasteiger partial charge in [0, 0.05) is 18.0 Å². The third-order valence-electron chi connectivity index (χ3n) is 2.61. The highest BCUT2D eigenvalue weighted by molar-refractivity contribution is 7.91. The van der Waals surface area contributed by atoms with Gasteiger partial charge < -0.3 is 0 Å². The van der Waals surface area contributed by atoms with Gasteiger partial charge in [-0.15, -0.1) is 11.3 Å². The molecule has 0 saturated carbocycles. The molecule has 2 N–H and O–H groups in total. The lowest BCUT2D eigenvalue weighted by Gasteiger charge is -2.14. The molecule has 1 aromatic rings. The van der Waals surface area contributed by atoms with E-state index in [-0.39, 0.29) is 6.10 Å². The summed E-state index contributed by atoms with van der Waals surface area (Å²) in [6.45, 7) is 2.70. The fraction of sp³-hybridized carbons (Fsp3) is 0.556. The molecule has 1 aliphatic heterocycles. The Morgan fingerprint density at radius 3 is 2.81 bits per heavy atom. The number of nitrogens with two attached hydrogens (primary N) is 1. The van der Waals surface area contributed by atoms with Gasteiger partial charge in [-0.25, -0.2) is 14.3 Å². The summed E-state index contributed by atoms with van der Waals surface area (Å²) in [5.74, 6) is 5.06. The van der Waals surface area contributed by atoms with Gasteiger partial charge >= 0.3 is 0 Å². The highest BCUT2D eigenvalue weighted by atomic mass is 32.2. The van der Waals surface area contributed by atoms with Crippen molar-refractivity contribution in [2.45, 2.75) is 23.7 Å². The zero-order chi connectivity index (χ0) is 11.8. The van der Waals surface area contributed by atoms with Crippen LogP contribution in [-0.2, 0) is 14.9 Å². The Hall–Kier alpha value is -0.470. The molecule has 1 aliphatic rings. The molecule has 0 radical (unpaired) electrons. The van der Waals surface area contributed by atoms with Crippen molar-refractivity contribution in [1.29, 1.82) is 0 Å². The van der Waals surface area contributed by atoms with Crippen LogP contribution in [0.15, 0.2) is 16.3 Å². The van der Waals surface area contributed by atoms with Crippen LogP contribution in [0.25, 0.3) is 0 Å². The zero-order valence-corrected chi connectivity index (χ0v) is 10.6. The maximum atomic E-state index is 12.1. The standard InChI is InChI=1S/C9H14N2O3S2/c1-7-2-3-9(15-7)16(12,13)11-5-4-8(6-11)14-10/h2-3,8H,4-6,10H2,1H3. The summed E-state index contributed by atoms with van der Waals surface area (Å²) in [6, 6.07) is 3.45. The van der Waals surface area contributed by atoms with E-state index in [9.17, 15) is 8.42 Å². The van der Waals surface area contributed by atoms with Crippen molar-refractivity contribution in [2.75, 3.05) is 13.1 Å². The first-order chi connectivity index (χ1) is 7.54. The van der Waals surface area contributed by atoms with Crippen molar-refractivity contribution >= 4 is 21.4 Å². The highest BCUT2D eigenvalue weighted by Crippen LogP contribution is 2.27. The lowest BCUT2D eigenvalue weighted by Crippen LogP contribution is -2.30. The molecule has 1 unspecified atom stereocenters. The Labute approximate surface area is 98.8 Å². The smallest absolute Gasteiger partial charge is 0.252 e. The number of hydrogen-bond donors (Lipinski definition) is 1. The molecule has 0 spiro atoms. The van der Waals surface area contributed by atoms with E-state index in [2.05, 4.69) is 4.84 Å². The van der Waals surface area contributed by atoms with Gasteiger partial charge in [0.25, 0.3) is 10.0 Å². The van der Waals surface area contributed by atoms with Crippen LogP contribution in [0, 0.1) is 6.92 Å². The van der Waals surface area contributed by atoms with E-state index in [0.29, 0.717) is 23.7 Å². The molecule has 2 heterocycles. The van der Waals surface area contributed by atoms with Crippen LogP contribution in [-0.4, -0.2) is 31.9 Å². The Balaban J connectivity index is 2.21. The van der Waals surface area contributed by atoms with E-state index in [0.717, 1.165) is 4.88 Å². The second-order valence-electron chi connectivity index (χ2n) is 3.77. The van der Waals surface area contributed by atoms with Gasteiger partial charge in [-0.1, -0.05) is 0 Å². The van der Waals surface area contributed by atoms with Gasteiger partial charge in [-0.2, -0.15) is 4.31 Å². The van der Waals surface area contributed by atoms with Crippen LogP contribution in [0.3, 0.4) is 0 Å². The fourth-order valence-electron chi connectivity index (χ4n) is 1.71. The minimum Gasteiger partial charge on any atom is -0.300 e. The molecule has 7 heteroatoms. The fourth-order valence-corrected chi connectivity index (χ4v) is 4.63. The van der Waals surface area contributed by atoms with Crippen molar-refractivity contribution in [3.8, 4) is 0 Å². The van der Waals surface area contributed by atoms with Crippen LogP contribution in [0.4, 0.5) is 0 Å². The molecular formula is C9H14N2O3S2. The van der Waals surface area contributed by atoms with Crippen molar-refractivity contribution < 1.29 is 13.3 Å². The summed E-state index contributed by atoms with van der Waals surface area (Å²) in [5, 5.41) is 0. The maximum Gasteiger partial charge on any atom is 0.252 e. The van der Waals surface area contributed by atoms with Gasteiger partial charge in [0.2, 0.25) is 0 Å². The summed E-state index contributed by atoms with van der Waals surface area (Å²) >= 11 is 1.29. The average molecular weight is 262 g/mol. The average Bonchev–Trinajstić information content (AvgIpc) is 2.85. The molecule has 2 rings (SSSR count). The van der Waals surface area contributed by atoms with E-state index in [1.165, 1.54) is 15.6 Å².